The monoisotopic (exact) mass is 401 g/mol. The van der Waals surface area contributed by atoms with E-state index >= 15 is 0 Å². The van der Waals surface area contributed by atoms with E-state index in [4.69, 9.17) is 21.6 Å². The van der Waals surface area contributed by atoms with Gasteiger partial charge in [0.15, 0.2) is 0 Å². The third kappa shape index (κ3) is 4.55. The van der Waals surface area contributed by atoms with E-state index < -0.39 is 10.0 Å². The molecule has 0 aliphatic rings. The largest absolute Gasteiger partial charge is 0.491 e. The molecule has 1 heterocycles. The second-order valence-electron chi connectivity index (χ2n) is 5.68. The molecule has 1 N–H and O–H groups in total. The summed E-state index contributed by atoms with van der Waals surface area (Å²) in [5.41, 5.74) is 0.886. The van der Waals surface area contributed by atoms with Crippen molar-refractivity contribution in [3.8, 4) is 11.8 Å². The average molecular weight is 402 g/mol. The summed E-state index contributed by atoms with van der Waals surface area (Å²) < 4.78 is 32.8. The second kappa shape index (κ2) is 8.35. The van der Waals surface area contributed by atoms with Crippen molar-refractivity contribution in [3.05, 3.63) is 65.3 Å². The van der Waals surface area contributed by atoms with Gasteiger partial charge in [-0.05, 0) is 36.8 Å². The maximum absolute atomic E-state index is 12.3. The molecular weight excluding hydrogens is 386 g/mol. The van der Waals surface area contributed by atoms with E-state index in [1.807, 2.05) is 36.4 Å². The summed E-state index contributed by atoms with van der Waals surface area (Å²) in [6.45, 7) is 0.535. The molecule has 0 aliphatic heterocycles. The van der Waals surface area contributed by atoms with E-state index in [-0.39, 0.29) is 22.0 Å². The molecule has 2 aromatic carbocycles. The van der Waals surface area contributed by atoms with Crippen molar-refractivity contribution in [2.45, 2.75) is 11.3 Å². The molecule has 0 radical (unpaired) electrons. The molecule has 0 amide bonds. The van der Waals surface area contributed by atoms with Crippen molar-refractivity contribution in [1.82, 2.24) is 9.71 Å². The molecule has 8 heteroatoms. The minimum Gasteiger partial charge on any atom is -0.491 e. The molecule has 27 heavy (non-hydrogen) atoms. The lowest BCUT2D eigenvalue weighted by atomic mass is 10.2. The van der Waals surface area contributed by atoms with Crippen molar-refractivity contribution in [1.29, 1.82) is 5.26 Å². The number of benzene rings is 2. The first-order chi connectivity index (χ1) is 13.0. The molecule has 0 saturated carbocycles. The van der Waals surface area contributed by atoms with Crippen LogP contribution in [0.15, 0.2) is 59.6 Å². The molecule has 0 fully saturated rings. The third-order valence-electron chi connectivity index (χ3n) is 3.84. The summed E-state index contributed by atoms with van der Waals surface area (Å²) in [6.07, 6.45) is 2.17. The molecule has 6 nitrogen and oxygen atoms in total. The Kier molecular flexibility index (Phi) is 5.91. The molecule has 3 aromatic rings. The standard InChI is InChI=1S/C19H16ClN3O3S/c20-17-8-7-16(12-15(17)13-21)27(24,25)23-10-3-11-26-18-6-1-4-14-5-2-9-22-19(14)18/h1-2,4-9,12,23H,3,10-11H2. The number of nitrogens with zero attached hydrogens (tertiary/aromatic N) is 2. The Bertz CT molecular complexity index is 1110. The first-order valence-corrected chi connectivity index (χ1v) is 10.0. The van der Waals surface area contributed by atoms with Crippen LogP contribution in [0.2, 0.25) is 5.02 Å². The quantitative estimate of drug-likeness (QED) is 0.611. The van der Waals surface area contributed by atoms with Gasteiger partial charge in [-0.25, -0.2) is 13.1 Å². The Morgan fingerprint density at radius 1 is 1.19 bits per heavy atom. The summed E-state index contributed by atoms with van der Waals surface area (Å²) in [7, 11) is -3.72. The van der Waals surface area contributed by atoms with Gasteiger partial charge in [0.2, 0.25) is 10.0 Å². The smallest absolute Gasteiger partial charge is 0.240 e. The summed E-state index contributed by atoms with van der Waals surface area (Å²) in [4.78, 5) is 4.31. The van der Waals surface area contributed by atoms with Crippen molar-refractivity contribution in [2.75, 3.05) is 13.2 Å². The van der Waals surface area contributed by atoms with Crippen LogP contribution in [0, 0.1) is 11.3 Å². The zero-order valence-corrected chi connectivity index (χ0v) is 15.8. The third-order valence-corrected chi connectivity index (χ3v) is 5.62. The molecule has 1 aromatic heterocycles. The number of hydrogen-bond donors (Lipinski definition) is 1. The number of rotatable bonds is 7. The number of fused-ring (bicyclic) bond motifs is 1. The number of nitrogens with one attached hydrogen (secondary N) is 1. The van der Waals surface area contributed by atoms with E-state index in [1.54, 1.807) is 6.20 Å². The molecule has 0 aliphatic carbocycles. The number of para-hydroxylation sites is 1. The molecule has 0 atom stereocenters. The summed E-state index contributed by atoms with van der Waals surface area (Å²) in [5, 5.41) is 10.2. The molecule has 138 valence electrons. The first-order valence-electron chi connectivity index (χ1n) is 8.17. The van der Waals surface area contributed by atoms with Crippen molar-refractivity contribution < 1.29 is 13.2 Å². The minimum atomic E-state index is -3.72. The van der Waals surface area contributed by atoms with E-state index in [1.165, 1.54) is 18.2 Å². The predicted molar refractivity (Wildman–Crippen MR) is 103 cm³/mol. The lowest BCUT2D eigenvalue weighted by Crippen LogP contribution is -2.26. The number of hydrogen-bond acceptors (Lipinski definition) is 5. The lowest BCUT2D eigenvalue weighted by molar-refractivity contribution is 0.314. The van der Waals surface area contributed by atoms with Gasteiger partial charge < -0.3 is 4.74 Å². The minimum absolute atomic E-state index is 0.00243. The van der Waals surface area contributed by atoms with E-state index in [0.717, 1.165) is 10.9 Å². The van der Waals surface area contributed by atoms with Crippen LogP contribution in [0.3, 0.4) is 0 Å². The fourth-order valence-electron chi connectivity index (χ4n) is 2.49. The fraction of sp³-hybridized carbons (Fsp3) is 0.158. The lowest BCUT2D eigenvalue weighted by Gasteiger charge is -2.10. The zero-order valence-electron chi connectivity index (χ0n) is 14.2. The highest BCUT2D eigenvalue weighted by Gasteiger charge is 2.15. The Hall–Kier alpha value is -2.66. The van der Waals surface area contributed by atoms with Crippen LogP contribution in [0.4, 0.5) is 0 Å². The Balaban J connectivity index is 1.56. The van der Waals surface area contributed by atoms with Gasteiger partial charge in [-0.3, -0.25) is 4.98 Å². The number of halogens is 1. The van der Waals surface area contributed by atoms with E-state index in [2.05, 4.69) is 9.71 Å². The average Bonchev–Trinajstić information content (AvgIpc) is 2.68. The zero-order chi connectivity index (χ0) is 19.3. The van der Waals surface area contributed by atoms with Gasteiger partial charge >= 0.3 is 0 Å². The van der Waals surface area contributed by atoms with E-state index in [9.17, 15) is 8.42 Å². The molecule has 0 bridgehead atoms. The van der Waals surface area contributed by atoms with Crippen molar-refractivity contribution in [2.24, 2.45) is 0 Å². The number of ether oxygens (including phenoxy) is 1. The van der Waals surface area contributed by atoms with Crippen LogP contribution in [0.1, 0.15) is 12.0 Å². The summed E-state index contributed by atoms with van der Waals surface area (Å²) >= 11 is 5.83. The Morgan fingerprint density at radius 3 is 2.81 bits per heavy atom. The van der Waals surface area contributed by atoms with E-state index in [0.29, 0.717) is 18.8 Å². The normalized spacial score (nSPS) is 11.3. The molecular formula is C19H16ClN3O3S. The fourth-order valence-corrected chi connectivity index (χ4v) is 3.75. The Labute approximate surface area is 162 Å². The van der Waals surface area contributed by atoms with Gasteiger partial charge in [-0.2, -0.15) is 5.26 Å². The second-order valence-corrected chi connectivity index (χ2v) is 7.86. The van der Waals surface area contributed by atoms with Gasteiger partial charge in [-0.1, -0.05) is 29.8 Å². The van der Waals surface area contributed by atoms with Crippen LogP contribution < -0.4 is 9.46 Å². The summed E-state index contributed by atoms with van der Waals surface area (Å²) in [5.74, 6) is 0.660. The highest BCUT2D eigenvalue weighted by atomic mass is 35.5. The molecule has 0 spiro atoms. The number of pyridine rings is 1. The maximum Gasteiger partial charge on any atom is 0.240 e. The maximum atomic E-state index is 12.3. The van der Waals surface area contributed by atoms with Gasteiger partial charge in [0, 0.05) is 18.1 Å². The van der Waals surface area contributed by atoms with Gasteiger partial charge in [0.1, 0.15) is 17.3 Å². The van der Waals surface area contributed by atoms with Crippen molar-refractivity contribution in [3.63, 3.8) is 0 Å². The number of nitriles is 1. The van der Waals surface area contributed by atoms with Gasteiger partial charge in [0.25, 0.3) is 0 Å². The van der Waals surface area contributed by atoms with Gasteiger partial charge in [0.05, 0.1) is 22.1 Å². The van der Waals surface area contributed by atoms with Crippen LogP contribution in [-0.4, -0.2) is 26.6 Å². The molecule has 0 unspecified atom stereocenters. The topological polar surface area (TPSA) is 92.1 Å². The highest BCUT2D eigenvalue weighted by Crippen LogP contribution is 2.23. The molecule has 0 saturated heterocycles. The summed E-state index contributed by atoms with van der Waals surface area (Å²) in [6, 6.07) is 15.3. The Morgan fingerprint density at radius 2 is 2.00 bits per heavy atom. The van der Waals surface area contributed by atoms with Crippen LogP contribution in [0.5, 0.6) is 5.75 Å². The number of sulfonamides is 1. The van der Waals surface area contributed by atoms with Gasteiger partial charge in [-0.15, -0.1) is 0 Å². The van der Waals surface area contributed by atoms with Crippen LogP contribution in [0.25, 0.3) is 10.9 Å². The predicted octanol–water partition coefficient (Wildman–Crippen LogP) is 3.51. The van der Waals surface area contributed by atoms with Crippen molar-refractivity contribution >= 4 is 32.5 Å². The number of aromatic nitrogens is 1. The SMILES string of the molecule is N#Cc1cc(S(=O)(=O)NCCCOc2cccc3cccnc23)ccc1Cl. The van der Waals surface area contributed by atoms with Crippen LogP contribution in [-0.2, 0) is 10.0 Å². The highest BCUT2D eigenvalue weighted by molar-refractivity contribution is 7.89. The first kappa shape index (κ1) is 19.1. The van der Waals surface area contributed by atoms with Crippen LogP contribution >= 0.6 is 11.6 Å². The molecule has 3 rings (SSSR count).